The van der Waals surface area contributed by atoms with Crippen LogP contribution in [0.5, 0.6) is 0 Å². The standard InChI is InChI=1S/C20H24FN3O3/c1-14(13-27-3)24(12-15-7-9-17(21)10-8-15)20(26)23-18-6-4-5-16(11-18)19(25)22-2/h4-11,14H,12-13H2,1-3H3,(H,22,25)(H,23,26)/t14-/m0/s1. The smallest absolute Gasteiger partial charge is 0.322 e. The van der Waals surface area contributed by atoms with Gasteiger partial charge >= 0.3 is 6.03 Å². The average molecular weight is 373 g/mol. The molecule has 2 rings (SSSR count). The predicted molar refractivity (Wildman–Crippen MR) is 102 cm³/mol. The molecule has 27 heavy (non-hydrogen) atoms. The molecule has 0 aliphatic rings. The van der Waals surface area contributed by atoms with Crippen LogP contribution in [0, 0.1) is 5.82 Å². The van der Waals surface area contributed by atoms with Crippen LogP contribution < -0.4 is 10.6 Å². The van der Waals surface area contributed by atoms with Crippen molar-refractivity contribution in [2.75, 3.05) is 26.1 Å². The highest BCUT2D eigenvalue weighted by molar-refractivity contribution is 5.96. The van der Waals surface area contributed by atoms with Gasteiger partial charge in [0.15, 0.2) is 0 Å². The van der Waals surface area contributed by atoms with Gasteiger partial charge in [0, 0.05) is 32.0 Å². The molecular formula is C20H24FN3O3. The third-order valence-corrected chi connectivity index (χ3v) is 4.07. The van der Waals surface area contributed by atoms with Gasteiger partial charge in [-0.3, -0.25) is 4.79 Å². The van der Waals surface area contributed by atoms with E-state index in [4.69, 9.17) is 4.74 Å². The van der Waals surface area contributed by atoms with Crippen LogP contribution >= 0.6 is 0 Å². The Morgan fingerprint density at radius 3 is 2.52 bits per heavy atom. The van der Waals surface area contributed by atoms with Crippen LogP contribution in [0.4, 0.5) is 14.9 Å². The first-order chi connectivity index (χ1) is 12.9. The largest absolute Gasteiger partial charge is 0.383 e. The molecule has 7 heteroatoms. The minimum atomic E-state index is -0.335. The lowest BCUT2D eigenvalue weighted by Crippen LogP contribution is -2.43. The molecule has 0 unspecified atom stereocenters. The highest BCUT2D eigenvalue weighted by atomic mass is 19.1. The van der Waals surface area contributed by atoms with E-state index in [1.54, 1.807) is 55.5 Å². The zero-order valence-corrected chi connectivity index (χ0v) is 15.7. The van der Waals surface area contributed by atoms with Crippen molar-refractivity contribution in [3.8, 4) is 0 Å². The molecule has 0 saturated heterocycles. The Balaban J connectivity index is 2.18. The molecule has 0 aliphatic carbocycles. The molecule has 1 atom stereocenters. The third-order valence-electron chi connectivity index (χ3n) is 4.07. The molecule has 144 valence electrons. The Morgan fingerprint density at radius 1 is 1.19 bits per heavy atom. The number of benzene rings is 2. The number of carbonyl (C=O) groups excluding carboxylic acids is 2. The Bertz CT molecular complexity index is 780. The van der Waals surface area contributed by atoms with E-state index in [1.807, 2.05) is 6.92 Å². The van der Waals surface area contributed by atoms with Gasteiger partial charge in [0.25, 0.3) is 5.91 Å². The van der Waals surface area contributed by atoms with E-state index in [1.165, 1.54) is 12.1 Å². The summed E-state index contributed by atoms with van der Waals surface area (Å²) in [6.07, 6.45) is 0. The summed E-state index contributed by atoms with van der Waals surface area (Å²) >= 11 is 0. The van der Waals surface area contributed by atoms with Gasteiger partial charge in [0.2, 0.25) is 0 Å². The van der Waals surface area contributed by atoms with Crippen LogP contribution in [0.2, 0.25) is 0 Å². The van der Waals surface area contributed by atoms with Gasteiger partial charge in [-0.15, -0.1) is 0 Å². The van der Waals surface area contributed by atoms with Crippen LogP contribution in [0.25, 0.3) is 0 Å². The average Bonchev–Trinajstić information content (AvgIpc) is 2.67. The summed E-state index contributed by atoms with van der Waals surface area (Å²) in [6.45, 7) is 2.52. The lowest BCUT2D eigenvalue weighted by atomic mass is 10.1. The Labute approximate surface area is 158 Å². The number of amides is 3. The predicted octanol–water partition coefficient (Wildman–Crippen LogP) is 3.25. The zero-order chi connectivity index (χ0) is 19.8. The molecule has 2 aromatic carbocycles. The van der Waals surface area contributed by atoms with E-state index in [2.05, 4.69) is 10.6 Å². The number of urea groups is 1. The van der Waals surface area contributed by atoms with E-state index in [0.29, 0.717) is 24.4 Å². The summed E-state index contributed by atoms with van der Waals surface area (Å²) in [6, 6.07) is 12.1. The van der Waals surface area contributed by atoms with Crippen LogP contribution in [0.1, 0.15) is 22.8 Å². The van der Waals surface area contributed by atoms with E-state index in [-0.39, 0.29) is 23.8 Å². The first-order valence-corrected chi connectivity index (χ1v) is 8.57. The molecule has 6 nitrogen and oxygen atoms in total. The number of nitrogens with one attached hydrogen (secondary N) is 2. The number of hydrogen-bond acceptors (Lipinski definition) is 3. The fourth-order valence-corrected chi connectivity index (χ4v) is 2.62. The van der Waals surface area contributed by atoms with Crippen molar-refractivity contribution >= 4 is 17.6 Å². The summed E-state index contributed by atoms with van der Waals surface area (Å²) in [5, 5.41) is 5.36. The molecule has 3 amide bonds. The van der Waals surface area contributed by atoms with Crippen molar-refractivity contribution in [2.24, 2.45) is 0 Å². The monoisotopic (exact) mass is 373 g/mol. The molecule has 0 aromatic heterocycles. The molecule has 0 bridgehead atoms. The van der Waals surface area contributed by atoms with Gasteiger partial charge in [0.05, 0.1) is 12.6 Å². The molecule has 0 aliphatic heterocycles. The fraction of sp³-hybridized carbons (Fsp3) is 0.300. The normalized spacial score (nSPS) is 11.6. The van der Waals surface area contributed by atoms with Gasteiger partial charge in [-0.1, -0.05) is 18.2 Å². The Morgan fingerprint density at radius 2 is 1.89 bits per heavy atom. The van der Waals surface area contributed by atoms with E-state index in [0.717, 1.165) is 5.56 Å². The van der Waals surface area contributed by atoms with Gasteiger partial charge in [-0.05, 0) is 42.8 Å². The topological polar surface area (TPSA) is 70.7 Å². The number of ether oxygens (including phenoxy) is 1. The van der Waals surface area contributed by atoms with Crippen molar-refractivity contribution in [1.82, 2.24) is 10.2 Å². The Kier molecular flexibility index (Phi) is 7.31. The van der Waals surface area contributed by atoms with Gasteiger partial charge in [-0.25, -0.2) is 9.18 Å². The van der Waals surface area contributed by atoms with Crippen LogP contribution in [0.15, 0.2) is 48.5 Å². The zero-order valence-electron chi connectivity index (χ0n) is 15.7. The molecule has 2 N–H and O–H groups in total. The van der Waals surface area contributed by atoms with Crippen LogP contribution in [0.3, 0.4) is 0 Å². The molecule has 0 fully saturated rings. The quantitative estimate of drug-likeness (QED) is 0.783. The number of rotatable bonds is 7. The highest BCUT2D eigenvalue weighted by Gasteiger charge is 2.21. The number of anilines is 1. The summed E-state index contributed by atoms with van der Waals surface area (Å²) in [5.41, 5.74) is 1.76. The van der Waals surface area contributed by atoms with Gasteiger partial charge in [0.1, 0.15) is 5.82 Å². The number of nitrogens with zero attached hydrogens (tertiary/aromatic N) is 1. The number of halogens is 1. The summed E-state index contributed by atoms with van der Waals surface area (Å²) < 4.78 is 18.3. The SMILES string of the molecule is CNC(=O)c1cccc(NC(=O)N(Cc2ccc(F)cc2)[C@@H](C)COC)c1. The third kappa shape index (κ3) is 5.79. The second kappa shape index (κ2) is 9.68. The van der Waals surface area contributed by atoms with E-state index in [9.17, 15) is 14.0 Å². The minimum absolute atomic E-state index is 0.206. The second-order valence-electron chi connectivity index (χ2n) is 6.15. The van der Waals surface area contributed by atoms with Crippen molar-refractivity contribution in [1.29, 1.82) is 0 Å². The van der Waals surface area contributed by atoms with Gasteiger partial charge in [-0.2, -0.15) is 0 Å². The number of hydrogen-bond donors (Lipinski definition) is 2. The molecule has 0 spiro atoms. The summed E-state index contributed by atoms with van der Waals surface area (Å²) in [5.74, 6) is -0.562. The van der Waals surface area contributed by atoms with E-state index >= 15 is 0 Å². The van der Waals surface area contributed by atoms with Crippen LogP contribution in [-0.2, 0) is 11.3 Å². The maximum atomic E-state index is 13.1. The lowest BCUT2D eigenvalue weighted by Gasteiger charge is -2.29. The first kappa shape index (κ1) is 20.4. The molecule has 2 aromatic rings. The summed E-state index contributed by atoms with van der Waals surface area (Å²) in [4.78, 5) is 26.2. The van der Waals surface area contributed by atoms with Crippen molar-refractivity contribution in [3.63, 3.8) is 0 Å². The van der Waals surface area contributed by atoms with Crippen molar-refractivity contribution in [3.05, 3.63) is 65.5 Å². The molecule has 0 heterocycles. The molecule has 0 radical (unpaired) electrons. The highest BCUT2D eigenvalue weighted by Crippen LogP contribution is 2.15. The molecular weight excluding hydrogens is 349 g/mol. The lowest BCUT2D eigenvalue weighted by molar-refractivity contribution is 0.0963. The van der Waals surface area contributed by atoms with Crippen LogP contribution in [-0.4, -0.2) is 43.6 Å². The minimum Gasteiger partial charge on any atom is -0.383 e. The molecule has 0 saturated carbocycles. The van der Waals surface area contributed by atoms with E-state index < -0.39 is 0 Å². The summed E-state index contributed by atoms with van der Waals surface area (Å²) in [7, 11) is 3.11. The number of carbonyl (C=O) groups is 2. The Hall–Kier alpha value is -2.93. The van der Waals surface area contributed by atoms with Gasteiger partial charge < -0.3 is 20.3 Å². The maximum Gasteiger partial charge on any atom is 0.322 e. The van der Waals surface area contributed by atoms with Crippen molar-refractivity contribution in [2.45, 2.75) is 19.5 Å². The van der Waals surface area contributed by atoms with Crippen molar-refractivity contribution < 1.29 is 18.7 Å². The maximum absolute atomic E-state index is 13.1. The first-order valence-electron chi connectivity index (χ1n) is 8.57. The fourth-order valence-electron chi connectivity index (χ4n) is 2.62. The second-order valence-corrected chi connectivity index (χ2v) is 6.15. The number of methoxy groups -OCH3 is 1.